The van der Waals surface area contributed by atoms with E-state index >= 15 is 0 Å². The van der Waals surface area contributed by atoms with E-state index in [1.165, 1.54) is 0 Å². The standard InChI is InChI=1S/C14H14ClF4NO/c15-11-3-1-2-9(11)7-20-13(21)8-4-5-12(16)10(6-8)14(17,18)19/h4-6,9,11H,1-3,7H2,(H,20,21). The molecule has 1 amide bonds. The molecule has 2 atom stereocenters. The number of alkyl halides is 4. The second-order valence-electron chi connectivity index (χ2n) is 5.11. The molecule has 7 heteroatoms. The molecule has 1 N–H and O–H groups in total. The fraction of sp³-hybridized carbons (Fsp3) is 0.500. The highest BCUT2D eigenvalue weighted by Crippen LogP contribution is 2.32. The van der Waals surface area contributed by atoms with Gasteiger partial charge in [0.25, 0.3) is 5.91 Å². The fourth-order valence-electron chi connectivity index (χ4n) is 2.43. The highest BCUT2D eigenvalue weighted by molar-refractivity contribution is 6.21. The molecule has 2 unspecified atom stereocenters. The number of hydrogen-bond donors (Lipinski definition) is 1. The highest BCUT2D eigenvalue weighted by Gasteiger charge is 2.34. The smallest absolute Gasteiger partial charge is 0.352 e. The van der Waals surface area contributed by atoms with Gasteiger partial charge in [-0.2, -0.15) is 13.2 Å². The first-order valence-electron chi connectivity index (χ1n) is 6.58. The molecule has 1 aromatic rings. The van der Waals surface area contributed by atoms with Crippen LogP contribution in [0.1, 0.15) is 35.2 Å². The van der Waals surface area contributed by atoms with E-state index in [2.05, 4.69) is 5.32 Å². The maximum Gasteiger partial charge on any atom is 0.419 e. The van der Waals surface area contributed by atoms with E-state index < -0.39 is 23.5 Å². The Morgan fingerprint density at radius 3 is 2.62 bits per heavy atom. The molecule has 1 aliphatic carbocycles. The van der Waals surface area contributed by atoms with Crippen LogP contribution in [0, 0.1) is 11.7 Å². The number of rotatable bonds is 3. The minimum Gasteiger partial charge on any atom is -0.352 e. The average Bonchev–Trinajstić information content (AvgIpc) is 2.80. The molecule has 0 heterocycles. The van der Waals surface area contributed by atoms with Crippen LogP contribution in [0.4, 0.5) is 17.6 Å². The van der Waals surface area contributed by atoms with Crippen LogP contribution >= 0.6 is 11.6 Å². The highest BCUT2D eigenvalue weighted by atomic mass is 35.5. The molecule has 21 heavy (non-hydrogen) atoms. The predicted octanol–water partition coefficient (Wildman–Crippen LogP) is 3.98. The lowest BCUT2D eigenvalue weighted by Crippen LogP contribution is -2.31. The summed E-state index contributed by atoms with van der Waals surface area (Å²) < 4.78 is 50.9. The Bertz CT molecular complexity index is 532. The molecule has 0 aromatic heterocycles. The molecule has 1 saturated carbocycles. The van der Waals surface area contributed by atoms with Crippen LogP contribution in [0.25, 0.3) is 0 Å². The van der Waals surface area contributed by atoms with E-state index in [-0.39, 0.29) is 16.9 Å². The number of hydrogen-bond acceptors (Lipinski definition) is 1. The Hall–Kier alpha value is -1.30. The van der Waals surface area contributed by atoms with E-state index in [1.54, 1.807) is 0 Å². The Morgan fingerprint density at radius 2 is 2.05 bits per heavy atom. The zero-order valence-corrected chi connectivity index (χ0v) is 11.8. The second kappa shape index (κ2) is 6.22. The normalized spacial score (nSPS) is 22.3. The molecule has 2 nitrogen and oxygen atoms in total. The molecular formula is C14H14ClF4NO. The lowest BCUT2D eigenvalue weighted by Gasteiger charge is -2.15. The van der Waals surface area contributed by atoms with Crippen molar-refractivity contribution in [2.24, 2.45) is 5.92 Å². The third-order valence-electron chi connectivity index (χ3n) is 3.63. The third kappa shape index (κ3) is 3.87. The molecule has 116 valence electrons. The SMILES string of the molecule is O=C(NCC1CCCC1Cl)c1ccc(F)c(C(F)(F)F)c1. The summed E-state index contributed by atoms with van der Waals surface area (Å²) in [5.41, 5.74) is -1.65. The van der Waals surface area contributed by atoms with E-state index in [9.17, 15) is 22.4 Å². The summed E-state index contributed by atoms with van der Waals surface area (Å²) in [4.78, 5) is 11.9. The van der Waals surface area contributed by atoms with Gasteiger partial charge < -0.3 is 5.32 Å². The van der Waals surface area contributed by atoms with E-state index in [1.807, 2.05) is 0 Å². The van der Waals surface area contributed by atoms with Crippen LogP contribution < -0.4 is 5.32 Å². The summed E-state index contributed by atoms with van der Waals surface area (Å²) in [5, 5.41) is 2.53. The van der Waals surface area contributed by atoms with E-state index in [0.717, 1.165) is 25.3 Å². The van der Waals surface area contributed by atoms with Gasteiger partial charge in [0.05, 0.1) is 5.56 Å². The minimum atomic E-state index is -4.83. The Balaban J connectivity index is 2.06. The maximum absolute atomic E-state index is 13.1. The fourth-order valence-corrected chi connectivity index (χ4v) is 2.80. The summed E-state index contributed by atoms with van der Waals surface area (Å²) in [5.74, 6) is -1.93. The van der Waals surface area contributed by atoms with Crippen LogP contribution in [0.2, 0.25) is 0 Å². The van der Waals surface area contributed by atoms with Crippen molar-refractivity contribution in [3.63, 3.8) is 0 Å². The van der Waals surface area contributed by atoms with Gasteiger partial charge in [-0.1, -0.05) is 6.42 Å². The predicted molar refractivity (Wildman–Crippen MR) is 70.7 cm³/mol. The van der Waals surface area contributed by atoms with Crippen LogP contribution in [0.15, 0.2) is 18.2 Å². The zero-order valence-electron chi connectivity index (χ0n) is 11.0. The van der Waals surface area contributed by atoms with Gasteiger partial charge in [0.15, 0.2) is 0 Å². The molecule has 1 aromatic carbocycles. The van der Waals surface area contributed by atoms with Gasteiger partial charge in [0, 0.05) is 17.5 Å². The average molecular weight is 324 g/mol. The minimum absolute atomic E-state index is 0.0238. The first-order valence-corrected chi connectivity index (χ1v) is 7.01. The van der Waals surface area contributed by atoms with Crippen molar-refractivity contribution in [1.82, 2.24) is 5.32 Å². The molecule has 0 spiro atoms. The Morgan fingerprint density at radius 1 is 1.33 bits per heavy atom. The van der Waals surface area contributed by atoms with Gasteiger partial charge in [-0.3, -0.25) is 4.79 Å². The summed E-state index contributed by atoms with van der Waals surface area (Å²) >= 11 is 6.06. The lowest BCUT2D eigenvalue weighted by molar-refractivity contribution is -0.140. The number of carbonyl (C=O) groups is 1. The van der Waals surface area contributed by atoms with Gasteiger partial charge in [-0.25, -0.2) is 4.39 Å². The van der Waals surface area contributed by atoms with Crippen LogP contribution in [0.3, 0.4) is 0 Å². The molecule has 0 aliphatic heterocycles. The largest absolute Gasteiger partial charge is 0.419 e. The van der Waals surface area contributed by atoms with Gasteiger partial charge in [0.1, 0.15) is 5.82 Å². The summed E-state index contributed by atoms with van der Waals surface area (Å²) in [7, 11) is 0. The molecular weight excluding hydrogens is 310 g/mol. The first-order chi connectivity index (χ1) is 9.79. The molecule has 0 bridgehead atoms. The number of amides is 1. The molecule has 1 aliphatic rings. The van der Waals surface area contributed by atoms with Gasteiger partial charge in [0.2, 0.25) is 0 Å². The van der Waals surface area contributed by atoms with Crippen molar-refractivity contribution in [1.29, 1.82) is 0 Å². The maximum atomic E-state index is 13.1. The van der Waals surface area contributed by atoms with Crippen molar-refractivity contribution in [3.8, 4) is 0 Å². The number of halogens is 5. The number of nitrogens with one attached hydrogen (secondary N) is 1. The van der Waals surface area contributed by atoms with Crippen LogP contribution in [0.5, 0.6) is 0 Å². The van der Waals surface area contributed by atoms with Gasteiger partial charge >= 0.3 is 6.18 Å². The summed E-state index contributed by atoms with van der Waals surface area (Å²) in [6.07, 6.45) is -2.10. The quantitative estimate of drug-likeness (QED) is 0.661. The Labute approximate surface area is 124 Å². The van der Waals surface area contributed by atoms with Crippen molar-refractivity contribution in [2.45, 2.75) is 30.8 Å². The van der Waals surface area contributed by atoms with E-state index in [0.29, 0.717) is 18.7 Å². The molecule has 0 saturated heterocycles. The monoisotopic (exact) mass is 323 g/mol. The van der Waals surface area contributed by atoms with Crippen LogP contribution in [-0.2, 0) is 6.18 Å². The van der Waals surface area contributed by atoms with Crippen LogP contribution in [-0.4, -0.2) is 17.8 Å². The zero-order chi connectivity index (χ0) is 15.6. The van der Waals surface area contributed by atoms with Crippen molar-refractivity contribution in [3.05, 3.63) is 35.1 Å². The number of carbonyl (C=O) groups excluding carboxylic acids is 1. The topological polar surface area (TPSA) is 29.1 Å². The summed E-state index contributed by atoms with van der Waals surface area (Å²) in [6.45, 7) is 0.311. The van der Waals surface area contributed by atoms with Gasteiger partial charge in [-0.05, 0) is 37.0 Å². The molecule has 1 fully saturated rings. The summed E-state index contributed by atoms with van der Waals surface area (Å²) in [6, 6.07) is 2.21. The lowest BCUT2D eigenvalue weighted by atomic mass is 10.1. The first kappa shape index (κ1) is 16.1. The van der Waals surface area contributed by atoms with Gasteiger partial charge in [-0.15, -0.1) is 11.6 Å². The Kier molecular flexibility index (Phi) is 4.76. The van der Waals surface area contributed by atoms with Crippen molar-refractivity contribution in [2.75, 3.05) is 6.54 Å². The van der Waals surface area contributed by atoms with Crippen molar-refractivity contribution < 1.29 is 22.4 Å². The number of benzene rings is 1. The molecule has 2 rings (SSSR count). The van der Waals surface area contributed by atoms with Crippen molar-refractivity contribution >= 4 is 17.5 Å². The second-order valence-corrected chi connectivity index (χ2v) is 5.67. The molecule has 0 radical (unpaired) electrons. The van der Waals surface area contributed by atoms with E-state index in [4.69, 9.17) is 11.6 Å². The third-order valence-corrected chi connectivity index (χ3v) is 4.20.